The molecule has 15 heavy (non-hydrogen) atoms. The van der Waals surface area contributed by atoms with Crippen LogP contribution in [-0.2, 0) is 23.2 Å². The van der Waals surface area contributed by atoms with Gasteiger partial charge in [0.1, 0.15) is 6.61 Å². The van der Waals surface area contributed by atoms with Gasteiger partial charge in [0.15, 0.2) is 0 Å². The number of unbranched alkanes of at least 4 members (excludes halogenated alkanes) is 2. The van der Waals surface area contributed by atoms with Crippen molar-refractivity contribution >= 4 is 5.97 Å². The first-order chi connectivity index (χ1) is 7.22. The molecule has 84 valence electrons. The Morgan fingerprint density at radius 1 is 1.53 bits per heavy atom. The molecule has 1 rings (SSSR count). The van der Waals surface area contributed by atoms with Crippen molar-refractivity contribution in [2.24, 2.45) is 7.05 Å². The highest BCUT2D eigenvalue weighted by molar-refractivity contribution is 5.69. The maximum absolute atomic E-state index is 11.2. The van der Waals surface area contributed by atoms with E-state index in [4.69, 9.17) is 4.74 Å². The van der Waals surface area contributed by atoms with Gasteiger partial charge in [0, 0.05) is 25.2 Å². The largest absolute Gasteiger partial charge is 0.461 e. The minimum atomic E-state index is -0.118. The number of hydrogen-bond donors (Lipinski definition) is 0. The van der Waals surface area contributed by atoms with Crippen LogP contribution in [0, 0.1) is 0 Å². The fourth-order valence-electron chi connectivity index (χ4n) is 1.30. The fourth-order valence-corrected chi connectivity index (χ4v) is 1.30. The van der Waals surface area contributed by atoms with Crippen molar-refractivity contribution in [2.75, 3.05) is 0 Å². The number of carbonyl (C=O) groups excluding carboxylic acids is 1. The van der Waals surface area contributed by atoms with Gasteiger partial charge in [0.2, 0.25) is 0 Å². The zero-order chi connectivity index (χ0) is 11.1. The normalized spacial score (nSPS) is 10.3. The van der Waals surface area contributed by atoms with Gasteiger partial charge in [-0.15, -0.1) is 0 Å². The molecule has 0 aliphatic rings. The van der Waals surface area contributed by atoms with Crippen LogP contribution in [0.4, 0.5) is 0 Å². The van der Waals surface area contributed by atoms with Gasteiger partial charge in [-0.2, -0.15) is 5.10 Å². The van der Waals surface area contributed by atoms with E-state index < -0.39 is 0 Å². The molecule has 0 bridgehead atoms. The van der Waals surface area contributed by atoms with E-state index in [1.165, 1.54) is 0 Å². The van der Waals surface area contributed by atoms with Crippen molar-refractivity contribution < 1.29 is 9.53 Å². The van der Waals surface area contributed by atoms with Crippen molar-refractivity contribution in [3.05, 3.63) is 18.0 Å². The van der Waals surface area contributed by atoms with Gasteiger partial charge in [-0.3, -0.25) is 9.48 Å². The molecule has 0 aliphatic carbocycles. The summed E-state index contributed by atoms with van der Waals surface area (Å²) < 4.78 is 6.79. The molecule has 0 fully saturated rings. The average Bonchev–Trinajstić information content (AvgIpc) is 2.62. The third kappa shape index (κ3) is 4.63. The van der Waals surface area contributed by atoms with E-state index in [-0.39, 0.29) is 5.97 Å². The predicted molar refractivity (Wildman–Crippen MR) is 57.1 cm³/mol. The van der Waals surface area contributed by atoms with E-state index >= 15 is 0 Å². The van der Waals surface area contributed by atoms with E-state index in [1.807, 2.05) is 13.2 Å². The minimum absolute atomic E-state index is 0.118. The van der Waals surface area contributed by atoms with Crippen molar-refractivity contribution in [1.29, 1.82) is 0 Å². The molecule has 4 nitrogen and oxygen atoms in total. The Balaban J connectivity index is 2.16. The summed E-state index contributed by atoms with van der Waals surface area (Å²) in [5, 5.41) is 4.00. The molecule has 0 saturated carbocycles. The summed E-state index contributed by atoms with van der Waals surface area (Å²) in [6, 6.07) is 0. The van der Waals surface area contributed by atoms with Crippen LogP contribution in [-0.4, -0.2) is 15.7 Å². The number of aromatic nitrogens is 2. The van der Waals surface area contributed by atoms with Crippen LogP contribution >= 0.6 is 0 Å². The summed E-state index contributed by atoms with van der Waals surface area (Å²) in [5.74, 6) is -0.118. The minimum Gasteiger partial charge on any atom is -0.461 e. The molecule has 0 aliphatic heterocycles. The number of rotatable bonds is 6. The Morgan fingerprint density at radius 2 is 2.33 bits per heavy atom. The van der Waals surface area contributed by atoms with E-state index in [9.17, 15) is 4.79 Å². The van der Waals surface area contributed by atoms with E-state index in [0.717, 1.165) is 24.8 Å². The molecule has 4 heteroatoms. The second-order valence-corrected chi connectivity index (χ2v) is 3.64. The maximum atomic E-state index is 11.2. The van der Waals surface area contributed by atoms with Gasteiger partial charge < -0.3 is 4.74 Å². The first-order valence-corrected chi connectivity index (χ1v) is 5.35. The third-order valence-corrected chi connectivity index (χ3v) is 2.14. The number of aryl methyl sites for hydroxylation is 1. The van der Waals surface area contributed by atoms with Crippen molar-refractivity contribution in [1.82, 2.24) is 9.78 Å². The monoisotopic (exact) mass is 210 g/mol. The van der Waals surface area contributed by atoms with Crippen LogP contribution in [0.1, 0.15) is 38.2 Å². The molecule has 0 N–H and O–H groups in total. The Morgan fingerprint density at radius 3 is 2.93 bits per heavy atom. The average molecular weight is 210 g/mol. The molecule has 0 radical (unpaired) electrons. The summed E-state index contributed by atoms with van der Waals surface area (Å²) in [5.41, 5.74) is 0.932. The van der Waals surface area contributed by atoms with Gasteiger partial charge in [-0.05, 0) is 6.42 Å². The number of nitrogens with zero attached hydrogens (tertiary/aromatic N) is 2. The molecular formula is C11H18N2O2. The molecule has 1 aromatic rings. The zero-order valence-electron chi connectivity index (χ0n) is 9.40. The SMILES string of the molecule is CCCCCC(=O)OCc1cnn(C)c1. The summed E-state index contributed by atoms with van der Waals surface area (Å²) in [7, 11) is 1.84. The first-order valence-electron chi connectivity index (χ1n) is 5.35. The van der Waals surface area contributed by atoms with Crippen molar-refractivity contribution in [2.45, 2.75) is 39.2 Å². The molecule has 0 spiro atoms. The van der Waals surface area contributed by atoms with Gasteiger partial charge >= 0.3 is 5.97 Å². The van der Waals surface area contributed by atoms with Crippen LogP contribution in [0.15, 0.2) is 12.4 Å². The quantitative estimate of drug-likeness (QED) is 0.533. The summed E-state index contributed by atoms with van der Waals surface area (Å²) in [6.07, 6.45) is 7.20. The van der Waals surface area contributed by atoms with Gasteiger partial charge in [0.05, 0.1) is 6.20 Å². The predicted octanol–water partition coefficient (Wildman–Crippen LogP) is 2.04. The Kier molecular flexibility index (Phi) is 4.87. The first kappa shape index (κ1) is 11.8. The van der Waals surface area contributed by atoms with Crippen LogP contribution in [0.3, 0.4) is 0 Å². The molecule has 0 saturated heterocycles. The van der Waals surface area contributed by atoms with Crippen LogP contribution in [0.5, 0.6) is 0 Å². The lowest BCUT2D eigenvalue weighted by Crippen LogP contribution is -2.03. The molecule has 1 heterocycles. The van der Waals surface area contributed by atoms with E-state index in [2.05, 4.69) is 12.0 Å². The standard InChI is InChI=1S/C11H18N2O2/c1-3-4-5-6-11(14)15-9-10-7-12-13(2)8-10/h7-8H,3-6,9H2,1-2H3. The number of ether oxygens (including phenoxy) is 1. The second-order valence-electron chi connectivity index (χ2n) is 3.64. The van der Waals surface area contributed by atoms with Crippen LogP contribution < -0.4 is 0 Å². The zero-order valence-corrected chi connectivity index (χ0v) is 9.40. The lowest BCUT2D eigenvalue weighted by Gasteiger charge is -2.02. The van der Waals surface area contributed by atoms with E-state index in [1.54, 1.807) is 10.9 Å². The molecule has 0 amide bonds. The Hall–Kier alpha value is -1.32. The summed E-state index contributed by atoms with van der Waals surface area (Å²) in [4.78, 5) is 11.2. The van der Waals surface area contributed by atoms with Crippen molar-refractivity contribution in [3.8, 4) is 0 Å². The van der Waals surface area contributed by atoms with Gasteiger partial charge in [-0.1, -0.05) is 19.8 Å². The molecular weight excluding hydrogens is 192 g/mol. The lowest BCUT2D eigenvalue weighted by molar-refractivity contribution is -0.145. The van der Waals surface area contributed by atoms with Crippen molar-refractivity contribution in [3.63, 3.8) is 0 Å². The molecule has 0 atom stereocenters. The topological polar surface area (TPSA) is 44.1 Å². The third-order valence-electron chi connectivity index (χ3n) is 2.14. The Labute approximate surface area is 90.2 Å². The highest BCUT2D eigenvalue weighted by atomic mass is 16.5. The highest BCUT2D eigenvalue weighted by Gasteiger charge is 2.03. The summed E-state index contributed by atoms with van der Waals surface area (Å²) >= 11 is 0. The number of carbonyl (C=O) groups is 1. The van der Waals surface area contributed by atoms with Gasteiger partial charge in [-0.25, -0.2) is 0 Å². The number of esters is 1. The van der Waals surface area contributed by atoms with Crippen LogP contribution in [0.25, 0.3) is 0 Å². The maximum Gasteiger partial charge on any atom is 0.306 e. The Bertz CT molecular complexity index is 307. The summed E-state index contributed by atoms with van der Waals surface area (Å²) in [6.45, 7) is 2.44. The lowest BCUT2D eigenvalue weighted by atomic mass is 10.2. The molecule has 0 aromatic carbocycles. The van der Waals surface area contributed by atoms with Crippen LogP contribution in [0.2, 0.25) is 0 Å². The smallest absolute Gasteiger partial charge is 0.306 e. The van der Waals surface area contributed by atoms with E-state index in [0.29, 0.717) is 13.0 Å². The van der Waals surface area contributed by atoms with Gasteiger partial charge in [0.25, 0.3) is 0 Å². The second kappa shape index (κ2) is 6.22. The highest BCUT2D eigenvalue weighted by Crippen LogP contribution is 2.04. The fraction of sp³-hybridized carbons (Fsp3) is 0.636. The molecule has 0 unspecified atom stereocenters. The molecule has 1 aromatic heterocycles. The number of hydrogen-bond acceptors (Lipinski definition) is 3.